The molecule has 1 aromatic rings. The molecule has 158 valence electrons. The summed E-state index contributed by atoms with van der Waals surface area (Å²) in [6.07, 6.45) is 0. The van der Waals surface area contributed by atoms with E-state index in [-0.39, 0.29) is 54.0 Å². The van der Waals surface area contributed by atoms with Gasteiger partial charge >= 0.3 is 6.03 Å². The number of rotatable bonds is 6. The van der Waals surface area contributed by atoms with Gasteiger partial charge in [0.15, 0.2) is 5.96 Å². The molecule has 5 N–H and O–H groups in total. The van der Waals surface area contributed by atoms with Gasteiger partial charge in [0, 0.05) is 30.9 Å². The molecule has 0 aliphatic heterocycles. The van der Waals surface area contributed by atoms with E-state index in [2.05, 4.69) is 31.6 Å². The molecule has 1 aromatic carbocycles. The summed E-state index contributed by atoms with van der Waals surface area (Å²) in [5.41, 5.74) is 1.47. The minimum atomic E-state index is -0.266. The highest BCUT2D eigenvalue weighted by atomic mass is 127. The molecule has 0 fully saturated rings. The van der Waals surface area contributed by atoms with Crippen molar-refractivity contribution in [2.75, 3.05) is 18.9 Å². The van der Waals surface area contributed by atoms with Crippen LogP contribution < -0.4 is 26.6 Å². The van der Waals surface area contributed by atoms with Gasteiger partial charge in [0.2, 0.25) is 5.91 Å². The minimum absolute atomic E-state index is 0. The Morgan fingerprint density at radius 2 is 1.68 bits per heavy atom. The van der Waals surface area contributed by atoms with Crippen LogP contribution in [-0.2, 0) is 11.3 Å². The first kappa shape index (κ1) is 26.0. The number of urea groups is 1. The Balaban J connectivity index is 0.00000729. The van der Waals surface area contributed by atoms with E-state index in [9.17, 15) is 9.59 Å². The summed E-state index contributed by atoms with van der Waals surface area (Å²) < 4.78 is 0. The highest BCUT2D eigenvalue weighted by Crippen LogP contribution is 2.09. The van der Waals surface area contributed by atoms with Gasteiger partial charge in [-0.15, -0.1) is 24.0 Å². The molecule has 9 heteroatoms. The number of amides is 3. The molecule has 8 nitrogen and oxygen atoms in total. The zero-order chi connectivity index (χ0) is 20.4. The van der Waals surface area contributed by atoms with Gasteiger partial charge in [0.25, 0.3) is 0 Å². The molecule has 0 aliphatic rings. The van der Waals surface area contributed by atoms with Crippen LogP contribution in [-0.4, -0.2) is 43.1 Å². The summed E-state index contributed by atoms with van der Waals surface area (Å²) in [5.74, 6) is 0.443. The van der Waals surface area contributed by atoms with Gasteiger partial charge in [0.1, 0.15) is 0 Å². The number of nitrogens with one attached hydrogen (secondary N) is 5. The van der Waals surface area contributed by atoms with Crippen molar-refractivity contribution in [2.45, 2.75) is 52.7 Å². The number of anilines is 1. The first-order valence-corrected chi connectivity index (χ1v) is 9.01. The van der Waals surface area contributed by atoms with E-state index in [1.54, 1.807) is 7.05 Å². The van der Waals surface area contributed by atoms with E-state index >= 15 is 0 Å². The van der Waals surface area contributed by atoms with Gasteiger partial charge in [-0.2, -0.15) is 0 Å². The Labute approximate surface area is 184 Å². The molecule has 0 aliphatic carbocycles. The van der Waals surface area contributed by atoms with Crippen molar-refractivity contribution in [3.63, 3.8) is 0 Å². The maximum absolute atomic E-state index is 11.8. The normalized spacial score (nSPS) is 11.3. The number of hydrogen-bond donors (Lipinski definition) is 5. The largest absolute Gasteiger partial charge is 0.352 e. The molecule has 0 saturated carbocycles. The van der Waals surface area contributed by atoms with E-state index in [0.29, 0.717) is 12.5 Å². The van der Waals surface area contributed by atoms with Crippen molar-refractivity contribution < 1.29 is 9.59 Å². The number of nitrogens with zero attached hydrogens (tertiary/aromatic N) is 1. The van der Waals surface area contributed by atoms with Crippen molar-refractivity contribution in [2.24, 2.45) is 4.99 Å². The molecular weight excluding hydrogens is 471 g/mol. The predicted molar refractivity (Wildman–Crippen MR) is 125 cm³/mol. The average molecular weight is 504 g/mol. The second-order valence-electron chi connectivity index (χ2n) is 7.53. The Kier molecular flexibility index (Phi) is 11.5. The van der Waals surface area contributed by atoms with Crippen molar-refractivity contribution in [3.8, 4) is 0 Å². The number of carbonyl (C=O) groups excluding carboxylic acids is 2. The number of guanidine groups is 1. The number of aliphatic imine (C=N–C) groups is 1. The lowest BCUT2D eigenvalue weighted by Crippen LogP contribution is -2.48. The van der Waals surface area contributed by atoms with Crippen molar-refractivity contribution >= 4 is 47.6 Å². The van der Waals surface area contributed by atoms with Crippen LogP contribution in [0.2, 0.25) is 0 Å². The maximum atomic E-state index is 11.8. The molecule has 0 unspecified atom stereocenters. The smallest absolute Gasteiger partial charge is 0.319 e. The molecular formula is C19H33IN6O2. The van der Waals surface area contributed by atoms with E-state index in [1.807, 2.05) is 58.9 Å². The van der Waals surface area contributed by atoms with Gasteiger partial charge in [-0.05, 0) is 52.3 Å². The zero-order valence-electron chi connectivity index (χ0n) is 17.5. The summed E-state index contributed by atoms with van der Waals surface area (Å²) in [6.45, 7) is 10.3. The Morgan fingerprint density at radius 3 is 2.18 bits per heavy atom. The number of carbonyl (C=O) groups is 2. The minimum Gasteiger partial charge on any atom is -0.352 e. The number of benzene rings is 1. The Hall–Kier alpha value is -2.04. The van der Waals surface area contributed by atoms with Gasteiger partial charge in [0.05, 0.1) is 6.54 Å². The van der Waals surface area contributed by atoms with Crippen molar-refractivity contribution in [3.05, 3.63) is 29.8 Å². The maximum Gasteiger partial charge on any atom is 0.319 e. The first-order valence-electron chi connectivity index (χ1n) is 9.01. The molecule has 0 radical (unpaired) electrons. The molecule has 3 amide bonds. The fraction of sp³-hybridized carbons (Fsp3) is 0.526. The highest BCUT2D eigenvalue weighted by molar-refractivity contribution is 14.0. The second kappa shape index (κ2) is 12.4. The van der Waals surface area contributed by atoms with E-state index in [1.165, 1.54) is 0 Å². The SMILES string of the molecule is CN=C(NCC(=O)NC(C)(C)C)NCc1ccc(NC(=O)NC(C)C)cc1.I. The molecule has 0 spiro atoms. The van der Waals surface area contributed by atoms with E-state index in [0.717, 1.165) is 11.3 Å². The zero-order valence-corrected chi connectivity index (χ0v) is 19.8. The van der Waals surface area contributed by atoms with Crippen LogP contribution in [0, 0.1) is 0 Å². The third kappa shape index (κ3) is 11.6. The quantitative estimate of drug-likeness (QED) is 0.233. The predicted octanol–water partition coefficient (Wildman–Crippen LogP) is 2.41. The third-order valence-electron chi connectivity index (χ3n) is 3.25. The second-order valence-corrected chi connectivity index (χ2v) is 7.53. The molecule has 28 heavy (non-hydrogen) atoms. The third-order valence-corrected chi connectivity index (χ3v) is 3.25. The van der Waals surface area contributed by atoms with Crippen LogP contribution in [0.3, 0.4) is 0 Å². The summed E-state index contributed by atoms with van der Waals surface area (Å²) in [7, 11) is 1.65. The molecule has 0 aromatic heterocycles. The molecule has 1 rings (SSSR count). The summed E-state index contributed by atoms with van der Waals surface area (Å²) in [5, 5.41) is 14.6. The monoisotopic (exact) mass is 504 g/mol. The van der Waals surface area contributed by atoms with Gasteiger partial charge < -0.3 is 26.6 Å². The van der Waals surface area contributed by atoms with Crippen LogP contribution in [0.1, 0.15) is 40.2 Å². The lowest BCUT2D eigenvalue weighted by Gasteiger charge is -2.21. The Bertz CT molecular complexity index is 653. The fourth-order valence-corrected chi connectivity index (χ4v) is 2.17. The topological polar surface area (TPSA) is 107 Å². The standard InChI is InChI=1S/C19H32N6O2.HI/c1-13(2)23-18(27)24-15-9-7-14(8-10-15)11-21-17(20-6)22-12-16(26)25-19(3,4)5;/h7-10,13H,11-12H2,1-6H3,(H,25,26)(H2,20,21,22)(H2,23,24,27);1H. The Morgan fingerprint density at radius 1 is 1.07 bits per heavy atom. The number of halogens is 1. The molecule has 0 saturated heterocycles. The molecule has 0 heterocycles. The van der Waals surface area contributed by atoms with E-state index < -0.39 is 0 Å². The average Bonchev–Trinajstić information content (AvgIpc) is 2.54. The van der Waals surface area contributed by atoms with Gasteiger partial charge in [-0.1, -0.05) is 12.1 Å². The summed E-state index contributed by atoms with van der Waals surface area (Å²) in [6, 6.07) is 7.36. The molecule has 0 bridgehead atoms. The van der Waals surface area contributed by atoms with Crippen molar-refractivity contribution in [1.82, 2.24) is 21.3 Å². The highest BCUT2D eigenvalue weighted by Gasteiger charge is 2.13. The summed E-state index contributed by atoms with van der Waals surface area (Å²) in [4.78, 5) is 27.6. The van der Waals surface area contributed by atoms with Gasteiger partial charge in [-0.25, -0.2) is 4.79 Å². The summed E-state index contributed by atoms with van der Waals surface area (Å²) >= 11 is 0. The van der Waals surface area contributed by atoms with Crippen LogP contribution >= 0.6 is 24.0 Å². The van der Waals surface area contributed by atoms with E-state index in [4.69, 9.17) is 0 Å². The van der Waals surface area contributed by atoms with Crippen LogP contribution in [0.25, 0.3) is 0 Å². The first-order chi connectivity index (χ1) is 12.6. The van der Waals surface area contributed by atoms with Crippen LogP contribution in [0.5, 0.6) is 0 Å². The molecule has 0 atom stereocenters. The lowest BCUT2D eigenvalue weighted by atomic mass is 10.1. The fourth-order valence-electron chi connectivity index (χ4n) is 2.17. The van der Waals surface area contributed by atoms with Crippen LogP contribution in [0.4, 0.5) is 10.5 Å². The van der Waals surface area contributed by atoms with Crippen LogP contribution in [0.15, 0.2) is 29.3 Å². The lowest BCUT2D eigenvalue weighted by molar-refractivity contribution is -0.121. The van der Waals surface area contributed by atoms with Gasteiger partial charge in [-0.3, -0.25) is 9.79 Å². The number of hydrogen-bond acceptors (Lipinski definition) is 3. The van der Waals surface area contributed by atoms with Crippen molar-refractivity contribution in [1.29, 1.82) is 0 Å².